The van der Waals surface area contributed by atoms with Crippen LogP contribution in [0.5, 0.6) is 23.0 Å². The Labute approximate surface area is 130 Å². The molecule has 0 bridgehead atoms. The van der Waals surface area contributed by atoms with Gasteiger partial charge in [0.15, 0.2) is 0 Å². The van der Waals surface area contributed by atoms with Crippen molar-refractivity contribution >= 4 is 5.69 Å². The van der Waals surface area contributed by atoms with Crippen molar-refractivity contribution in [2.75, 3.05) is 39.8 Å². The highest BCUT2D eigenvalue weighted by molar-refractivity contribution is 5.59. The summed E-state index contributed by atoms with van der Waals surface area (Å²) in [6, 6.07) is 13.1. The summed E-state index contributed by atoms with van der Waals surface area (Å²) >= 11 is 0. The number of nitrogens with one attached hydrogen (secondary N) is 1. The predicted molar refractivity (Wildman–Crippen MR) is 86.5 cm³/mol. The van der Waals surface area contributed by atoms with Crippen LogP contribution in [0.4, 0.5) is 5.69 Å². The normalized spacial score (nSPS) is 9.95. The number of hydrogen-bond donors (Lipinski definition) is 1. The van der Waals surface area contributed by atoms with E-state index >= 15 is 0 Å². The van der Waals surface area contributed by atoms with Gasteiger partial charge in [0, 0.05) is 12.6 Å². The largest absolute Gasteiger partial charge is 0.497 e. The molecule has 5 heteroatoms. The Hall–Kier alpha value is -2.56. The molecule has 22 heavy (non-hydrogen) atoms. The van der Waals surface area contributed by atoms with Gasteiger partial charge < -0.3 is 24.3 Å². The van der Waals surface area contributed by atoms with E-state index in [0.29, 0.717) is 13.2 Å². The lowest BCUT2D eigenvalue weighted by Crippen LogP contribution is -2.12. The summed E-state index contributed by atoms with van der Waals surface area (Å²) in [7, 11) is 4.90. The number of rotatable bonds is 8. The minimum absolute atomic E-state index is 0.543. The second-order valence-electron chi connectivity index (χ2n) is 4.52. The van der Waals surface area contributed by atoms with E-state index in [1.807, 2.05) is 42.5 Å². The van der Waals surface area contributed by atoms with Crippen LogP contribution >= 0.6 is 0 Å². The first-order valence-electron chi connectivity index (χ1n) is 6.99. The van der Waals surface area contributed by atoms with Crippen LogP contribution in [-0.2, 0) is 0 Å². The standard InChI is InChI=1S/C17H21NO4/c1-19-13-4-6-14(7-5-13)22-11-10-18-16-9-8-15(20-2)12-17(16)21-3/h4-9,12,18H,10-11H2,1-3H3. The van der Waals surface area contributed by atoms with Gasteiger partial charge in [0.2, 0.25) is 0 Å². The van der Waals surface area contributed by atoms with E-state index in [9.17, 15) is 0 Å². The summed E-state index contributed by atoms with van der Waals surface area (Å²) in [5.74, 6) is 3.12. The molecule has 0 atom stereocenters. The highest BCUT2D eigenvalue weighted by atomic mass is 16.5. The monoisotopic (exact) mass is 303 g/mol. The number of ether oxygens (including phenoxy) is 4. The lowest BCUT2D eigenvalue weighted by atomic mass is 10.2. The average molecular weight is 303 g/mol. The van der Waals surface area contributed by atoms with Crippen LogP contribution in [0.15, 0.2) is 42.5 Å². The summed E-state index contributed by atoms with van der Waals surface area (Å²) in [5, 5.41) is 3.28. The molecule has 0 unspecified atom stereocenters. The van der Waals surface area contributed by atoms with E-state index in [1.165, 1.54) is 0 Å². The molecule has 0 heterocycles. The molecule has 0 fully saturated rings. The highest BCUT2D eigenvalue weighted by Gasteiger charge is 2.04. The van der Waals surface area contributed by atoms with Crippen LogP contribution in [0, 0.1) is 0 Å². The van der Waals surface area contributed by atoms with Crippen LogP contribution < -0.4 is 24.3 Å². The molecule has 0 radical (unpaired) electrons. The number of methoxy groups -OCH3 is 3. The van der Waals surface area contributed by atoms with Crippen molar-refractivity contribution in [2.24, 2.45) is 0 Å². The topological polar surface area (TPSA) is 49.0 Å². The maximum Gasteiger partial charge on any atom is 0.145 e. The lowest BCUT2D eigenvalue weighted by molar-refractivity contribution is 0.331. The fourth-order valence-corrected chi connectivity index (χ4v) is 1.97. The Bertz CT molecular complexity index is 584. The summed E-state index contributed by atoms with van der Waals surface area (Å²) in [6.45, 7) is 1.20. The quantitative estimate of drug-likeness (QED) is 0.759. The second kappa shape index (κ2) is 8.02. The van der Waals surface area contributed by atoms with Crippen molar-refractivity contribution in [2.45, 2.75) is 0 Å². The van der Waals surface area contributed by atoms with Gasteiger partial charge in [-0.05, 0) is 36.4 Å². The van der Waals surface area contributed by atoms with Gasteiger partial charge in [-0.1, -0.05) is 0 Å². The summed E-state index contributed by atoms with van der Waals surface area (Å²) in [6.07, 6.45) is 0. The van der Waals surface area contributed by atoms with Crippen molar-refractivity contribution in [1.82, 2.24) is 0 Å². The Balaban J connectivity index is 1.83. The third-order valence-electron chi connectivity index (χ3n) is 3.15. The second-order valence-corrected chi connectivity index (χ2v) is 4.52. The predicted octanol–water partition coefficient (Wildman–Crippen LogP) is 3.20. The van der Waals surface area contributed by atoms with Crippen LogP contribution in [0.2, 0.25) is 0 Å². The van der Waals surface area contributed by atoms with Crippen molar-refractivity contribution in [1.29, 1.82) is 0 Å². The number of benzene rings is 2. The summed E-state index contributed by atoms with van der Waals surface area (Å²) in [5.41, 5.74) is 0.904. The van der Waals surface area contributed by atoms with E-state index in [-0.39, 0.29) is 0 Å². The van der Waals surface area contributed by atoms with Gasteiger partial charge in [0.25, 0.3) is 0 Å². The zero-order chi connectivity index (χ0) is 15.8. The van der Waals surface area contributed by atoms with E-state index in [0.717, 1.165) is 28.7 Å². The van der Waals surface area contributed by atoms with Gasteiger partial charge in [-0.25, -0.2) is 0 Å². The fourth-order valence-electron chi connectivity index (χ4n) is 1.97. The molecule has 2 aromatic carbocycles. The maximum atomic E-state index is 5.66. The van der Waals surface area contributed by atoms with E-state index in [1.54, 1.807) is 21.3 Å². The van der Waals surface area contributed by atoms with E-state index in [4.69, 9.17) is 18.9 Å². The van der Waals surface area contributed by atoms with Crippen LogP contribution in [0.1, 0.15) is 0 Å². The van der Waals surface area contributed by atoms with Gasteiger partial charge in [-0.2, -0.15) is 0 Å². The third-order valence-corrected chi connectivity index (χ3v) is 3.15. The Morgan fingerprint density at radius 3 is 2.05 bits per heavy atom. The first kappa shape index (κ1) is 15.8. The minimum atomic E-state index is 0.543. The van der Waals surface area contributed by atoms with Crippen molar-refractivity contribution in [3.05, 3.63) is 42.5 Å². The van der Waals surface area contributed by atoms with Gasteiger partial charge in [0.1, 0.15) is 29.6 Å². The first-order valence-corrected chi connectivity index (χ1v) is 6.99. The molecular formula is C17H21NO4. The zero-order valence-electron chi connectivity index (χ0n) is 13.1. The number of anilines is 1. The molecule has 0 saturated heterocycles. The van der Waals surface area contributed by atoms with Gasteiger partial charge in [-0.15, -0.1) is 0 Å². The Morgan fingerprint density at radius 1 is 0.773 bits per heavy atom. The smallest absolute Gasteiger partial charge is 0.145 e. The van der Waals surface area contributed by atoms with Crippen LogP contribution in [0.25, 0.3) is 0 Å². The molecule has 1 N–H and O–H groups in total. The fraction of sp³-hybridized carbons (Fsp3) is 0.294. The molecule has 0 amide bonds. The highest BCUT2D eigenvalue weighted by Crippen LogP contribution is 2.28. The molecule has 0 aromatic heterocycles. The van der Waals surface area contributed by atoms with Gasteiger partial charge in [-0.3, -0.25) is 0 Å². The minimum Gasteiger partial charge on any atom is -0.497 e. The molecular weight excluding hydrogens is 282 g/mol. The van der Waals surface area contributed by atoms with Crippen molar-refractivity contribution in [3.63, 3.8) is 0 Å². The average Bonchev–Trinajstić information content (AvgIpc) is 2.59. The van der Waals surface area contributed by atoms with Crippen molar-refractivity contribution < 1.29 is 18.9 Å². The number of hydrogen-bond acceptors (Lipinski definition) is 5. The van der Waals surface area contributed by atoms with E-state index < -0.39 is 0 Å². The van der Waals surface area contributed by atoms with Crippen molar-refractivity contribution in [3.8, 4) is 23.0 Å². The third kappa shape index (κ3) is 4.22. The zero-order valence-corrected chi connectivity index (χ0v) is 13.1. The van der Waals surface area contributed by atoms with Gasteiger partial charge in [0.05, 0.1) is 27.0 Å². The van der Waals surface area contributed by atoms with Crippen LogP contribution in [0.3, 0.4) is 0 Å². The summed E-state index contributed by atoms with van der Waals surface area (Å²) < 4.78 is 21.3. The van der Waals surface area contributed by atoms with Gasteiger partial charge >= 0.3 is 0 Å². The Morgan fingerprint density at radius 2 is 1.41 bits per heavy atom. The van der Waals surface area contributed by atoms with Crippen LogP contribution in [-0.4, -0.2) is 34.5 Å². The Kier molecular flexibility index (Phi) is 5.77. The molecule has 0 aliphatic rings. The molecule has 2 aromatic rings. The molecule has 0 aliphatic heterocycles. The van der Waals surface area contributed by atoms with E-state index in [2.05, 4.69) is 5.32 Å². The molecule has 0 saturated carbocycles. The molecule has 0 spiro atoms. The molecule has 2 rings (SSSR count). The summed E-state index contributed by atoms with van der Waals surface area (Å²) in [4.78, 5) is 0. The molecule has 0 aliphatic carbocycles. The molecule has 118 valence electrons. The lowest BCUT2D eigenvalue weighted by Gasteiger charge is -2.13. The SMILES string of the molecule is COc1ccc(OCCNc2ccc(OC)cc2OC)cc1. The first-order chi connectivity index (χ1) is 10.8. The maximum absolute atomic E-state index is 5.66. The molecule has 5 nitrogen and oxygen atoms in total.